The summed E-state index contributed by atoms with van der Waals surface area (Å²) in [5.41, 5.74) is 10.9. The maximum atomic E-state index is 7.00. The summed E-state index contributed by atoms with van der Waals surface area (Å²) in [5.74, 6) is 0.822. The molecule has 2 aliphatic heterocycles. The van der Waals surface area contributed by atoms with Crippen LogP contribution in [-0.2, 0) is 10.8 Å². The first-order valence-corrected chi connectivity index (χ1v) is 16.6. The fraction of sp³-hybridized carbons (Fsp3) is 0.447. The van der Waals surface area contributed by atoms with Gasteiger partial charge in [-0.05, 0) is 43.0 Å². The van der Waals surface area contributed by atoms with E-state index in [0.717, 1.165) is 25.8 Å². The number of allylic oxidation sites excluding steroid dienone is 2. The smallest absolute Gasteiger partial charge is 0.209 e. The Kier molecular flexibility index (Phi) is 10.7. The lowest BCUT2D eigenvalue weighted by molar-refractivity contribution is -0.401. The summed E-state index contributed by atoms with van der Waals surface area (Å²) < 4.78 is 2.35. The number of nitrogens with zero attached hydrogens (tertiary/aromatic N) is 1. The minimum atomic E-state index is -0.100. The van der Waals surface area contributed by atoms with Crippen molar-refractivity contribution in [3.8, 4) is 0 Å². The summed E-state index contributed by atoms with van der Waals surface area (Å²) in [5, 5.41) is 18.3. The highest BCUT2D eigenvalue weighted by atomic mass is 32.1. The maximum Gasteiger partial charge on any atom is 0.209 e. The number of unbranched alkanes of at least 4 members (excludes halogenated alkanes) is 2. The molecule has 0 saturated heterocycles. The van der Waals surface area contributed by atoms with Crippen molar-refractivity contribution in [2.24, 2.45) is 5.92 Å². The quantitative estimate of drug-likeness (QED) is 0.105. The molecule has 1 aliphatic carbocycles. The summed E-state index contributed by atoms with van der Waals surface area (Å²) in [6.07, 6.45) is 8.38. The van der Waals surface area contributed by atoms with E-state index in [2.05, 4.69) is 136 Å². The lowest BCUT2D eigenvalue weighted by atomic mass is 9.67. The Hall–Kier alpha value is -3.06. The number of thiol groups is 1. The molecule has 0 aromatic heterocycles. The predicted octanol–water partition coefficient (Wildman–Crippen LogP) is 7.25. The first kappa shape index (κ1) is 33.8. The zero-order chi connectivity index (χ0) is 32.2. The summed E-state index contributed by atoms with van der Waals surface area (Å²) >= 11 is 4.76. The van der Waals surface area contributed by atoms with Gasteiger partial charge in [-0.15, -0.1) is 0 Å². The number of hydrogen-bond acceptors (Lipinski definition) is 5. The zero-order valence-corrected chi connectivity index (χ0v) is 28.7. The Morgan fingerprint density at radius 1 is 1.05 bits per heavy atom. The highest BCUT2D eigenvalue weighted by molar-refractivity contribution is 7.80. The maximum absolute atomic E-state index is 7.00. The molecular weight excluding hydrogens is 561 g/mol. The molecule has 0 radical (unpaired) electrons. The number of aliphatic hydroxyl groups excluding tert-OH is 1. The highest BCUT2D eigenvalue weighted by Crippen LogP contribution is 2.48. The molecule has 6 heteroatoms. The van der Waals surface area contributed by atoms with E-state index in [1.54, 1.807) is 0 Å². The number of hydrogen-bond donors (Lipinski definition) is 5. The van der Waals surface area contributed by atoms with Crippen LogP contribution in [0.4, 0.5) is 11.4 Å². The molecule has 5 rings (SSSR count). The van der Waals surface area contributed by atoms with Crippen LogP contribution in [0, 0.1) is 5.92 Å². The van der Waals surface area contributed by atoms with Crippen LogP contribution in [-0.4, -0.2) is 53.9 Å². The predicted molar refractivity (Wildman–Crippen MR) is 192 cm³/mol. The molecule has 236 valence electrons. The Bertz CT molecular complexity index is 1480. The van der Waals surface area contributed by atoms with Gasteiger partial charge in [-0.1, -0.05) is 89.2 Å². The van der Waals surface area contributed by atoms with Gasteiger partial charge in [0, 0.05) is 71.6 Å². The minimum absolute atomic E-state index is 0.0376. The van der Waals surface area contributed by atoms with Gasteiger partial charge in [0.25, 0.3) is 0 Å². The Morgan fingerprint density at radius 2 is 1.70 bits per heavy atom. The van der Waals surface area contributed by atoms with Gasteiger partial charge < -0.3 is 21.1 Å². The third-order valence-corrected chi connectivity index (χ3v) is 10.1. The molecule has 1 fully saturated rings. The third-order valence-electron chi connectivity index (χ3n) is 9.71. The van der Waals surface area contributed by atoms with Gasteiger partial charge >= 0.3 is 0 Å². The number of benzene rings is 2. The van der Waals surface area contributed by atoms with Crippen LogP contribution in [0.1, 0.15) is 65.0 Å². The second-order valence-corrected chi connectivity index (χ2v) is 13.5. The van der Waals surface area contributed by atoms with Crippen LogP contribution in [0.15, 0.2) is 96.4 Å². The van der Waals surface area contributed by atoms with Crippen LogP contribution < -0.4 is 16.0 Å². The van der Waals surface area contributed by atoms with Gasteiger partial charge in [0.2, 0.25) is 5.69 Å². The van der Waals surface area contributed by atoms with E-state index in [1.807, 2.05) is 0 Å². The summed E-state index contributed by atoms with van der Waals surface area (Å²) in [6, 6.07) is 17.5. The number of nitrogens with one attached hydrogen (secondary N) is 3. The lowest BCUT2D eigenvalue weighted by Gasteiger charge is -2.44. The molecule has 3 atom stereocenters. The topological polar surface area (TPSA) is 59.3 Å². The van der Waals surface area contributed by atoms with Crippen molar-refractivity contribution in [1.82, 2.24) is 10.6 Å². The number of anilines is 1. The Morgan fingerprint density at radius 3 is 2.34 bits per heavy atom. The Labute approximate surface area is 271 Å². The highest BCUT2D eigenvalue weighted by Gasteiger charge is 2.47. The van der Waals surface area contributed by atoms with Crippen molar-refractivity contribution in [3.05, 3.63) is 108 Å². The lowest BCUT2D eigenvalue weighted by Crippen LogP contribution is -2.54. The molecule has 0 amide bonds. The van der Waals surface area contributed by atoms with Crippen molar-refractivity contribution in [2.45, 2.75) is 76.8 Å². The van der Waals surface area contributed by atoms with Gasteiger partial charge in [0.15, 0.2) is 5.71 Å². The molecule has 0 bridgehead atoms. The van der Waals surface area contributed by atoms with Gasteiger partial charge in [-0.2, -0.15) is 17.2 Å². The van der Waals surface area contributed by atoms with Crippen LogP contribution in [0.3, 0.4) is 0 Å². The van der Waals surface area contributed by atoms with E-state index >= 15 is 0 Å². The van der Waals surface area contributed by atoms with Gasteiger partial charge in [0.05, 0.1) is 11.5 Å². The standard InChI is InChI=1S/C37H48N4S.CH4O/c1-9-10-15-20-38-25(3)31(23-42)40-35-26(21-33-36(4,5)28-16-11-13-18-30(28)39-33)24(2)27(35)22-34-37(6,7)29-17-12-14-19-32(29)41(34)8;1-2/h11-14,16-19,21-22,26,31,35,38-40H,2-3,9-10,15,20,23H2,1,4-8H3;2H,1H3/p+1/b27-22+,33-21+;. The molecule has 4 N–H and O–H groups in total. The van der Waals surface area contributed by atoms with Crippen molar-refractivity contribution in [3.63, 3.8) is 0 Å². The monoisotopic (exact) mass is 613 g/mol. The largest absolute Gasteiger partial charge is 0.400 e. The van der Waals surface area contributed by atoms with Crippen LogP contribution in [0.25, 0.3) is 0 Å². The fourth-order valence-corrected chi connectivity index (χ4v) is 7.24. The first-order chi connectivity index (χ1) is 21.0. The second kappa shape index (κ2) is 13.9. The zero-order valence-electron chi connectivity index (χ0n) is 27.8. The third kappa shape index (κ3) is 6.22. The van der Waals surface area contributed by atoms with E-state index in [0.29, 0.717) is 5.75 Å². The molecule has 2 aromatic carbocycles. The van der Waals surface area contributed by atoms with Crippen molar-refractivity contribution < 1.29 is 9.68 Å². The van der Waals surface area contributed by atoms with Crippen LogP contribution in [0.5, 0.6) is 0 Å². The van der Waals surface area contributed by atoms with E-state index in [9.17, 15) is 0 Å². The van der Waals surface area contributed by atoms with Crippen LogP contribution in [0.2, 0.25) is 0 Å². The van der Waals surface area contributed by atoms with Crippen LogP contribution >= 0.6 is 12.6 Å². The van der Waals surface area contributed by atoms with Crippen molar-refractivity contribution >= 4 is 29.7 Å². The van der Waals surface area contributed by atoms with E-state index in [4.69, 9.17) is 17.7 Å². The van der Waals surface area contributed by atoms with E-state index < -0.39 is 0 Å². The average molecular weight is 614 g/mol. The SMILES string of the molecule is C=C(NCCCCC)C(CS)NC1/C(=C/C2=[N+](C)c3ccccc3C2(C)C)C(=C)C1/C=C1/Nc2ccccc2C1(C)C.CO. The normalized spacial score (nSPS) is 23.3. The van der Waals surface area contributed by atoms with E-state index in [-0.39, 0.29) is 28.8 Å². The Balaban J connectivity index is 0.00000216. The summed E-state index contributed by atoms with van der Waals surface area (Å²) in [7, 11) is 3.18. The van der Waals surface area contributed by atoms with Gasteiger partial charge in [0.1, 0.15) is 7.05 Å². The molecule has 3 aliphatic rings. The summed E-state index contributed by atoms with van der Waals surface area (Å²) in [4.78, 5) is 0. The van der Waals surface area contributed by atoms with Crippen molar-refractivity contribution in [1.29, 1.82) is 0 Å². The number of rotatable bonds is 11. The number of fused-ring (bicyclic) bond motifs is 2. The minimum Gasteiger partial charge on any atom is -0.400 e. The molecule has 2 aromatic rings. The van der Waals surface area contributed by atoms with Crippen molar-refractivity contribution in [2.75, 3.05) is 31.8 Å². The van der Waals surface area contributed by atoms with Gasteiger partial charge in [-0.25, -0.2) is 0 Å². The average Bonchev–Trinajstić information content (AvgIpc) is 3.39. The fourth-order valence-electron chi connectivity index (χ4n) is 6.91. The molecule has 3 unspecified atom stereocenters. The molecule has 2 heterocycles. The number of aliphatic hydroxyl groups is 1. The molecule has 1 saturated carbocycles. The molecular formula is C38H53N4OS+. The van der Waals surface area contributed by atoms with Gasteiger partial charge in [-0.3, -0.25) is 0 Å². The summed E-state index contributed by atoms with van der Waals surface area (Å²) in [6.45, 7) is 21.5. The first-order valence-electron chi connectivity index (χ1n) is 16.0. The molecule has 5 nitrogen and oxygen atoms in total. The molecule has 44 heavy (non-hydrogen) atoms. The van der Waals surface area contributed by atoms with E-state index in [1.165, 1.54) is 57.9 Å². The second-order valence-electron chi connectivity index (χ2n) is 13.2. The molecule has 0 spiro atoms. The number of para-hydroxylation sites is 2.